The first-order chi connectivity index (χ1) is 13.1. The summed E-state index contributed by atoms with van der Waals surface area (Å²) < 4.78 is 69.5. The maximum atomic E-state index is 12.7. The summed E-state index contributed by atoms with van der Waals surface area (Å²) in [6, 6.07) is 10.8. The normalized spacial score (nSPS) is 12.0. The molecule has 0 amide bonds. The summed E-state index contributed by atoms with van der Waals surface area (Å²) >= 11 is 1.58. The van der Waals surface area contributed by atoms with Crippen LogP contribution in [0.4, 0.5) is 13.2 Å². The van der Waals surface area contributed by atoms with E-state index in [4.69, 9.17) is 4.74 Å². The quantitative estimate of drug-likeness (QED) is 0.506. The summed E-state index contributed by atoms with van der Waals surface area (Å²) in [5.74, 6) is -0.624. The lowest BCUT2D eigenvalue weighted by atomic mass is 10.2. The number of thioether (sulfide) groups is 1. The zero-order chi connectivity index (χ0) is 20.8. The van der Waals surface area contributed by atoms with Crippen molar-refractivity contribution in [3.05, 3.63) is 59.7 Å². The number of sulfonamides is 1. The van der Waals surface area contributed by atoms with Crippen LogP contribution >= 0.6 is 11.8 Å². The number of carbonyl (C=O) groups excluding carboxylic acids is 1. The Hall–Kier alpha value is -2.04. The number of halogens is 3. The molecule has 0 unspecified atom stereocenters. The Balaban J connectivity index is 1.85. The Morgan fingerprint density at radius 3 is 2.43 bits per heavy atom. The summed E-state index contributed by atoms with van der Waals surface area (Å²) in [6.45, 7) is -0.239. The van der Waals surface area contributed by atoms with E-state index in [-0.39, 0.29) is 19.6 Å². The van der Waals surface area contributed by atoms with E-state index >= 15 is 0 Å². The Bertz CT molecular complexity index is 913. The molecule has 0 aliphatic heterocycles. The summed E-state index contributed by atoms with van der Waals surface area (Å²) in [4.78, 5) is 12.3. The second-order valence-electron chi connectivity index (χ2n) is 5.68. The van der Waals surface area contributed by atoms with Gasteiger partial charge in [-0.1, -0.05) is 18.2 Å². The number of esters is 1. The van der Waals surface area contributed by atoms with Crippen LogP contribution in [-0.2, 0) is 32.3 Å². The number of rotatable bonds is 8. The first-order valence-corrected chi connectivity index (χ1v) is 10.8. The molecule has 0 spiro atoms. The van der Waals surface area contributed by atoms with Gasteiger partial charge in [0.25, 0.3) is 0 Å². The number of alkyl halides is 3. The van der Waals surface area contributed by atoms with Crippen LogP contribution in [0, 0.1) is 0 Å². The number of hydrogen-bond acceptors (Lipinski definition) is 5. The zero-order valence-corrected chi connectivity index (χ0v) is 16.5. The molecule has 0 bridgehead atoms. The van der Waals surface area contributed by atoms with Gasteiger partial charge in [0.2, 0.25) is 10.0 Å². The second kappa shape index (κ2) is 9.44. The van der Waals surface area contributed by atoms with Gasteiger partial charge in [-0.25, -0.2) is 13.1 Å². The van der Waals surface area contributed by atoms with Gasteiger partial charge in [-0.05, 0) is 42.2 Å². The fraction of sp³-hybridized carbons (Fsp3) is 0.278. The number of ether oxygens (including phenoxy) is 1. The van der Waals surface area contributed by atoms with E-state index in [0.717, 1.165) is 28.7 Å². The molecule has 10 heteroatoms. The van der Waals surface area contributed by atoms with Crippen LogP contribution in [0.1, 0.15) is 17.5 Å². The predicted molar refractivity (Wildman–Crippen MR) is 99.3 cm³/mol. The van der Waals surface area contributed by atoms with Crippen molar-refractivity contribution >= 4 is 27.8 Å². The highest BCUT2D eigenvalue weighted by Crippen LogP contribution is 2.30. The van der Waals surface area contributed by atoms with Crippen molar-refractivity contribution in [2.75, 3.05) is 12.8 Å². The zero-order valence-electron chi connectivity index (χ0n) is 14.8. The first kappa shape index (κ1) is 22.3. The van der Waals surface area contributed by atoms with Gasteiger partial charge in [0.15, 0.2) is 0 Å². The predicted octanol–water partition coefficient (Wildman–Crippen LogP) is 3.84. The number of nitrogens with one attached hydrogen (secondary N) is 1. The summed E-state index contributed by atoms with van der Waals surface area (Å²) in [6.07, 6.45) is -2.96. The van der Waals surface area contributed by atoms with E-state index < -0.39 is 32.6 Å². The maximum absolute atomic E-state index is 12.7. The van der Waals surface area contributed by atoms with Gasteiger partial charge in [0.1, 0.15) is 6.61 Å². The Labute approximate surface area is 165 Å². The van der Waals surface area contributed by atoms with Gasteiger partial charge < -0.3 is 4.74 Å². The Morgan fingerprint density at radius 1 is 1.14 bits per heavy atom. The van der Waals surface area contributed by atoms with Gasteiger partial charge in [-0.2, -0.15) is 13.2 Å². The lowest BCUT2D eigenvalue weighted by molar-refractivity contribution is -0.144. The molecule has 0 heterocycles. The van der Waals surface area contributed by atoms with Gasteiger partial charge >= 0.3 is 12.1 Å². The molecular weight excluding hydrogens is 415 g/mol. The van der Waals surface area contributed by atoms with Crippen molar-refractivity contribution in [3.63, 3.8) is 0 Å². The number of benzene rings is 2. The molecule has 0 aliphatic carbocycles. The number of carbonyl (C=O) groups is 1. The van der Waals surface area contributed by atoms with Crippen LogP contribution in [0.3, 0.4) is 0 Å². The van der Waals surface area contributed by atoms with Crippen LogP contribution in [0.2, 0.25) is 0 Å². The van der Waals surface area contributed by atoms with Crippen LogP contribution < -0.4 is 4.72 Å². The van der Waals surface area contributed by atoms with E-state index in [0.29, 0.717) is 6.07 Å². The molecule has 0 saturated carbocycles. The van der Waals surface area contributed by atoms with Crippen LogP contribution in [0.5, 0.6) is 0 Å². The van der Waals surface area contributed by atoms with Crippen molar-refractivity contribution in [2.24, 2.45) is 0 Å². The molecule has 0 aromatic heterocycles. The average Bonchev–Trinajstić information content (AvgIpc) is 2.66. The molecule has 0 aliphatic rings. The smallest absolute Gasteiger partial charge is 0.416 e. The van der Waals surface area contributed by atoms with E-state index in [9.17, 15) is 26.4 Å². The number of hydrogen-bond donors (Lipinski definition) is 1. The Kier molecular flexibility index (Phi) is 7.50. The van der Waals surface area contributed by atoms with Crippen molar-refractivity contribution in [3.8, 4) is 0 Å². The molecule has 0 atom stereocenters. The van der Waals surface area contributed by atoms with E-state index in [2.05, 4.69) is 4.72 Å². The van der Waals surface area contributed by atoms with Gasteiger partial charge in [-0.15, -0.1) is 11.8 Å². The van der Waals surface area contributed by atoms with Crippen LogP contribution in [0.15, 0.2) is 58.3 Å². The molecule has 5 nitrogen and oxygen atoms in total. The minimum absolute atomic E-state index is 0.0495. The highest BCUT2D eigenvalue weighted by Gasteiger charge is 2.31. The minimum Gasteiger partial charge on any atom is -0.461 e. The van der Waals surface area contributed by atoms with Gasteiger partial charge in [0, 0.05) is 11.4 Å². The van der Waals surface area contributed by atoms with Crippen LogP contribution in [-0.4, -0.2) is 27.2 Å². The molecule has 28 heavy (non-hydrogen) atoms. The largest absolute Gasteiger partial charge is 0.461 e. The van der Waals surface area contributed by atoms with Gasteiger partial charge in [-0.3, -0.25) is 4.79 Å². The monoisotopic (exact) mass is 433 g/mol. The van der Waals surface area contributed by atoms with Crippen molar-refractivity contribution in [1.29, 1.82) is 0 Å². The van der Waals surface area contributed by atoms with Crippen molar-refractivity contribution < 1.29 is 31.1 Å². The fourth-order valence-electron chi connectivity index (χ4n) is 2.17. The molecule has 0 fully saturated rings. The van der Waals surface area contributed by atoms with E-state index in [1.165, 1.54) is 0 Å². The molecule has 2 aromatic rings. The summed E-state index contributed by atoms with van der Waals surface area (Å²) in [7, 11) is -4.17. The van der Waals surface area contributed by atoms with E-state index in [1.807, 2.05) is 30.5 Å². The second-order valence-corrected chi connectivity index (χ2v) is 8.33. The maximum Gasteiger partial charge on any atom is 0.416 e. The lowest BCUT2D eigenvalue weighted by Gasteiger charge is -2.10. The topological polar surface area (TPSA) is 72.5 Å². The van der Waals surface area contributed by atoms with Gasteiger partial charge in [0.05, 0.1) is 16.9 Å². The Morgan fingerprint density at radius 2 is 1.82 bits per heavy atom. The van der Waals surface area contributed by atoms with Crippen molar-refractivity contribution in [2.45, 2.75) is 29.0 Å². The van der Waals surface area contributed by atoms with Crippen molar-refractivity contribution in [1.82, 2.24) is 4.72 Å². The summed E-state index contributed by atoms with van der Waals surface area (Å²) in [5, 5.41) is 0. The SMILES string of the molecule is CSc1ccc(COC(=O)CCNS(=O)(=O)c2cccc(C(F)(F)F)c2)cc1. The molecule has 1 N–H and O–H groups in total. The third-order valence-corrected chi connectivity index (χ3v) is 5.85. The minimum atomic E-state index is -4.65. The standard InChI is InChI=1S/C18H18F3NO4S2/c1-27-15-7-5-13(6-8-15)12-26-17(23)9-10-22-28(24,25)16-4-2-3-14(11-16)18(19,20)21/h2-8,11,22H,9-10,12H2,1H3. The first-order valence-electron chi connectivity index (χ1n) is 8.07. The molecule has 2 aromatic carbocycles. The highest BCUT2D eigenvalue weighted by atomic mass is 32.2. The molecule has 2 rings (SSSR count). The lowest BCUT2D eigenvalue weighted by Crippen LogP contribution is -2.27. The van der Waals surface area contributed by atoms with Crippen LogP contribution in [0.25, 0.3) is 0 Å². The fourth-order valence-corrected chi connectivity index (χ4v) is 3.65. The molecule has 152 valence electrons. The molecular formula is C18H18F3NO4S2. The average molecular weight is 433 g/mol. The summed E-state index contributed by atoms with van der Waals surface area (Å²) in [5.41, 5.74) is -0.280. The highest BCUT2D eigenvalue weighted by molar-refractivity contribution is 7.98. The molecule has 0 saturated heterocycles. The third kappa shape index (κ3) is 6.54. The molecule has 0 radical (unpaired) electrons. The van der Waals surface area contributed by atoms with E-state index in [1.54, 1.807) is 11.8 Å². The third-order valence-electron chi connectivity index (χ3n) is 3.65.